The van der Waals surface area contributed by atoms with E-state index in [1.165, 1.54) is 0 Å². The first-order chi connectivity index (χ1) is 7.25. The molecule has 0 unspecified atom stereocenters. The van der Waals surface area contributed by atoms with E-state index in [0.29, 0.717) is 5.75 Å². The van der Waals surface area contributed by atoms with Gasteiger partial charge in [0.2, 0.25) is 0 Å². The predicted molar refractivity (Wildman–Crippen MR) is 58.0 cm³/mol. The largest absolute Gasteiger partial charge is 0.508 e. The summed E-state index contributed by atoms with van der Waals surface area (Å²) in [7, 11) is 0. The number of rotatable bonds is 0. The van der Waals surface area contributed by atoms with Gasteiger partial charge in [-0.15, -0.1) is 0 Å². The van der Waals surface area contributed by atoms with Crippen LogP contribution in [0.2, 0.25) is 0 Å². The van der Waals surface area contributed by atoms with Crippen LogP contribution in [0.25, 0.3) is 11.1 Å². The summed E-state index contributed by atoms with van der Waals surface area (Å²) in [6, 6.07) is 10.8. The van der Waals surface area contributed by atoms with Crippen molar-refractivity contribution in [2.75, 3.05) is 0 Å². The highest BCUT2D eigenvalue weighted by atomic mass is 16.3. The maximum absolute atomic E-state index is 9.71. The molecule has 0 fully saturated rings. The summed E-state index contributed by atoms with van der Waals surface area (Å²) >= 11 is 0. The SMILES string of the molecule is Oc1ccc2c(c1)-c1cccc(O)c1C2. The molecule has 0 aromatic heterocycles. The molecule has 74 valence electrons. The lowest BCUT2D eigenvalue weighted by Crippen LogP contribution is -1.80. The first-order valence-corrected chi connectivity index (χ1v) is 4.89. The van der Waals surface area contributed by atoms with Gasteiger partial charge in [-0.2, -0.15) is 0 Å². The molecule has 1 aliphatic carbocycles. The monoisotopic (exact) mass is 198 g/mol. The fourth-order valence-electron chi connectivity index (χ4n) is 2.17. The lowest BCUT2D eigenvalue weighted by molar-refractivity contribution is 0.470. The lowest BCUT2D eigenvalue weighted by atomic mass is 10.1. The minimum Gasteiger partial charge on any atom is -0.508 e. The molecule has 1 aliphatic rings. The number of benzene rings is 2. The van der Waals surface area contributed by atoms with Gasteiger partial charge < -0.3 is 10.2 Å². The first kappa shape index (κ1) is 8.36. The quantitative estimate of drug-likeness (QED) is 0.583. The Morgan fingerprint density at radius 2 is 1.80 bits per heavy atom. The average molecular weight is 198 g/mol. The van der Waals surface area contributed by atoms with Gasteiger partial charge in [-0.25, -0.2) is 0 Å². The number of aromatic hydroxyl groups is 2. The molecule has 0 bridgehead atoms. The highest BCUT2D eigenvalue weighted by Crippen LogP contribution is 2.41. The van der Waals surface area contributed by atoms with Crippen LogP contribution in [0.5, 0.6) is 11.5 Å². The molecule has 2 N–H and O–H groups in total. The van der Waals surface area contributed by atoms with Crippen molar-refractivity contribution in [3.8, 4) is 22.6 Å². The van der Waals surface area contributed by atoms with Crippen LogP contribution >= 0.6 is 0 Å². The molecule has 2 aromatic rings. The molecule has 0 saturated carbocycles. The Morgan fingerprint density at radius 3 is 2.67 bits per heavy atom. The molecule has 15 heavy (non-hydrogen) atoms. The van der Waals surface area contributed by atoms with Crippen molar-refractivity contribution in [3.05, 3.63) is 47.5 Å². The summed E-state index contributed by atoms with van der Waals surface area (Å²) in [5.74, 6) is 0.605. The highest BCUT2D eigenvalue weighted by Gasteiger charge is 2.20. The number of fused-ring (bicyclic) bond motifs is 3. The second kappa shape index (κ2) is 2.76. The maximum atomic E-state index is 9.71. The zero-order valence-corrected chi connectivity index (χ0v) is 8.07. The molecule has 0 saturated heterocycles. The smallest absolute Gasteiger partial charge is 0.119 e. The van der Waals surface area contributed by atoms with Crippen molar-refractivity contribution in [2.45, 2.75) is 6.42 Å². The third-order valence-electron chi connectivity index (χ3n) is 2.90. The fraction of sp³-hybridized carbons (Fsp3) is 0.0769. The molecular formula is C13H10O2. The molecular weight excluding hydrogens is 188 g/mol. The van der Waals surface area contributed by atoms with E-state index in [2.05, 4.69) is 0 Å². The Balaban J connectivity index is 2.31. The normalized spacial score (nSPS) is 12.3. The molecule has 0 radical (unpaired) electrons. The summed E-state index contributed by atoms with van der Waals surface area (Å²) in [6.45, 7) is 0. The van der Waals surface area contributed by atoms with E-state index in [9.17, 15) is 10.2 Å². The van der Waals surface area contributed by atoms with E-state index >= 15 is 0 Å². The van der Waals surface area contributed by atoms with Crippen molar-refractivity contribution in [1.82, 2.24) is 0 Å². The van der Waals surface area contributed by atoms with Crippen molar-refractivity contribution < 1.29 is 10.2 Å². The Labute approximate surface area is 87.4 Å². The maximum Gasteiger partial charge on any atom is 0.119 e. The van der Waals surface area contributed by atoms with Crippen LogP contribution in [0.3, 0.4) is 0 Å². The van der Waals surface area contributed by atoms with Gasteiger partial charge in [-0.1, -0.05) is 18.2 Å². The van der Waals surface area contributed by atoms with E-state index in [4.69, 9.17) is 0 Å². The van der Waals surface area contributed by atoms with Crippen molar-refractivity contribution in [3.63, 3.8) is 0 Å². The van der Waals surface area contributed by atoms with Gasteiger partial charge in [0.15, 0.2) is 0 Å². The molecule has 2 nitrogen and oxygen atoms in total. The van der Waals surface area contributed by atoms with Crippen molar-refractivity contribution in [2.24, 2.45) is 0 Å². The Bertz CT molecular complexity index is 544. The molecule has 0 heterocycles. The van der Waals surface area contributed by atoms with Crippen molar-refractivity contribution in [1.29, 1.82) is 0 Å². The predicted octanol–water partition coefficient (Wildman–Crippen LogP) is 2.67. The van der Waals surface area contributed by atoms with E-state index in [1.807, 2.05) is 18.2 Å². The molecule has 2 aromatic carbocycles. The summed E-state index contributed by atoms with van der Waals surface area (Å²) in [5.41, 5.74) is 4.17. The van der Waals surface area contributed by atoms with Crippen LogP contribution in [-0.4, -0.2) is 10.2 Å². The summed E-state index contributed by atoms with van der Waals surface area (Å²) in [5, 5.41) is 19.1. The van der Waals surface area contributed by atoms with Crippen LogP contribution in [0.4, 0.5) is 0 Å². The minimum absolute atomic E-state index is 0.268. The van der Waals surface area contributed by atoms with Crippen LogP contribution in [0.1, 0.15) is 11.1 Å². The van der Waals surface area contributed by atoms with Gasteiger partial charge in [-0.3, -0.25) is 0 Å². The summed E-state index contributed by atoms with van der Waals surface area (Å²) < 4.78 is 0. The third kappa shape index (κ3) is 1.11. The zero-order chi connectivity index (χ0) is 10.4. The molecule has 0 amide bonds. The molecule has 0 aliphatic heterocycles. The van der Waals surface area contributed by atoms with E-state index in [1.54, 1.807) is 18.2 Å². The third-order valence-corrected chi connectivity index (χ3v) is 2.90. The van der Waals surface area contributed by atoms with Crippen LogP contribution in [0, 0.1) is 0 Å². The number of phenols is 2. The Hall–Kier alpha value is -1.96. The average Bonchev–Trinajstić information content (AvgIpc) is 2.58. The number of phenolic OH excluding ortho intramolecular Hbond substituents is 2. The second-order valence-electron chi connectivity index (χ2n) is 3.82. The second-order valence-corrected chi connectivity index (χ2v) is 3.82. The highest BCUT2D eigenvalue weighted by molar-refractivity contribution is 5.79. The first-order valence-electron chi connectivity index (χ1n) is 4.89. The topological polar surface area (TPSA) is 40.5 Å². The lowest BCUT2D eigenvalue weighted by Gasteiger charge is -2.02. The summed E-state index contributed by atoms with van der Waals surface area (Å²) in [6.07, 6.45) is 0.748. The van der Waals surface area contributed by atoms with Gasteiger partial charge >= 0.3 is 0 Å². The molecule has 2 heteroatoms. The van der Waals surface area contributed by atoms with E-state index in [-0.39, 0.29) is 5.75 Å². The standard InChI is InChI=1S/C13H10O2/c14-9-5-4-8-6-12-10(11(8)7-9)2-1-3-13(12)15/h1-5,7,14-15H,6H2. The molecule has 3 rings (SSSR count). The van der Waals surface area contributed by atoms with Crippen LogP contribution in [0.15, 0.2) is 36.4 Å². The summed E-state index contributed by atoms with van der Waals surface area (Å²) in [4.78, 5) is 0. The van der Waals surface area contributed by atoms with Gasteiger partial charge in [0.1, 0.15) is 11.5 Å². The van der Waals surface area contributed by atoms with E-state index < -0.39 is 0 Å². The number of hydrogen-bond acceptors (Lipinski definition) is 2. The minimum atomic E-state index is 0.268. The van der Waals surface area contributed by atoms with Gasteiger partial charge in [0.05, 0.1) is 0 Å². The van der Waals surface area contributed by atoms with E-state index in [0.717, 1.165) is 28.7 Å². The molecule has 0 atom stereocenters. The number of hydrogen-bond donors (Lipinski definition) is 2. The Morgan fingerprint density at radius 1 is 0.933 bits per heavy atom. The van der Waals surface area contributed by atoms with Crippen molar-refractivity contribution >= 4 is 0 Å². The van der Waals surface area contributed by atoms with Gasteiger partial charge in [-0.05, 0) is 34.9 Å². The van der Waals surface area contributed by atoms with Crippen LogP contribution < -0.4 is 0 Å². The van der Waals surface area contributed by atoms with Crippen LogP contribution in [-0.2, 0) is 6.42 Å². The van der Waals surface area contributed by atoms with Gasteiger partial charge in [0, 0.05) is 12.0 Å². The zero-order valence-electron chi connectivity index (χ0n) is 8.07. The Kier molecular flexibility index (Phi) is 1.54. The molecule has 0 spiro atoms. The van der Waals surface area contributed by atoms with Gasteiger partial charge in [0.25, 0.3) is 0 Å². The fourth-order valence-corrected chi connectivity index (χ4v) is 2.17.